The Balaban J connectivity index is 2.03. The fourth-order valence-corrected chi connectivity index (χ4v) is 2.44. The van der Waals surface area contributed by atoms with E-state index in [-0.39, 0.29) is 0 Å². The van der Waals surface area contributed by atoms with E-state index >= 15 is 0 Å². The second-order valence-corrected chi connectivity index (χ2v) is 5.48. The largest absolute Gasteiger partial charge is 0.301 e. The van der Waals surface area contributed by atoms with E-state index in [1.807, 2.05) is 0 Å². The third kappa shape index (κ3) is 3.08. The standard InChI is InChI=1S/C15H23NO/c1-11(2)10-17-16-15-9-8-12(3)13-6-4-5-7-14(13)15/h4-7,11-12,15-16H,8-10H2,1-3H3. The highest BCUT2D eigenvalue weighted by atomic mass is 16.6. The van der Waals surface area contributed by atoms with Gasteiger partial charge in [0.2, 0.25) is 0 Å². The van der Waals surface area contributed by atoms with Gasteiger partial charge in [-0.1, -0.05) is 45.0 Å². The molecule has 1 aromatic carbocycles. The Morgan fingerprint density at radius 2 is 1.94 bits per heavy atom. The first-order valence-electron chi connectivity index (χ1n) is 6.64. The lowest BCUT2D eigenvalue weighted by Crippen LogP contribution is -2.27. The Hall–Kier alpha value is -0.860. The van der Waals surface area contributed by atoms with Crippen molar-refractivity contribution in [3.8, 4) is 0 Å². The number of hydroxylamine groups is 1. The molecule has 17 heavy (non-hydrogen) atoms. The van der Waals surface area contributed by atoms with Crippen molar-refractivity contribution in [2.45, 2.75) is 45.6 Å². The second kappa shape index (κ2) is 5.65. The highest BCUT2D eigenvalue weighted by Gasteiger charge is 2.24. The van der Waals surface area contributed by atoms with E-state index in [2.05, 4.69) is 50.5 Å². The van der Waals surface area contributed by atoms with Crippen molar-refractivity contribution < 1.29 is 4.84 Å². The molecule has 0 aliphatic heterocycles. The molecule has 0 radical (unpaired) electrons. The molecule has 0 fully saturated rings. The van der Waals surface area contributed by atoms with Crippen LogP contribution in [0.2, 0.25) is 0 Å². The molecule has 1 N–H and O–H groups in total. The van der Waals surface area contributed by atoms with E-state index in [0.29, 0.717) is 17.9 Å². The molecule has 0 spiro atoms. The third-order valence-electron chi connectivity index (χ3n) is 3.43. The summed E-state index contributed by atoms with van der Waals surface area (Å²) in [6, 6.07) is 9.08. The minimum atomic E-state index is 0.362. The smallest absolute Gasteiger partial charge is 0.0705 e. The molecule has 1 aliphatic carbocycles. The van der Waals surface area contributed by atoms with Crippen LogP contribution in [0.4, 0.5) is 0 Å². The third-order valence-corrected chi connectivity index (χ3v) is 3.43. The normalized spacial score (nSPS) is 23.8. The first-order chi connectivity index (χ1) is 8.18. The Morgan fingerprint density at radius 3 is 2.65 bits per heavy atom. The van der Waals surface area contributed by atoms with Gasteiger partial charge < -0.3 is 4.84 Å². The molecule has 0 amide bonds. The van der Waals surface area contributed by atoms with Crippen LogP contribution in [0, 0.1) is 5.92 Å². The Morgan fingerprint density at radius 1 is 1.24 bits per heavy atom. The number of benzene rings is 1. The first-order valence-corrected chi connectivity index (χ1v) is 6.64. The predicted molar refractivity (Wildman–Crippen MR) is 70.8 cm³/mol. The van der Waals surface area contributed by atoms with Gasteiger partial charge in [-0.05, 0) is 35.8 Å². The number of nitrogens with one attached hydrogen (secondary N) is 1. The zero-order valence-corrected chi connectivity index (χ0v) is 11.1. The second-order valence-electron chi connectivity index (χ2n) is 5.48. The lowest BCUT2D eigenvalue weighted by molar-refractivity contribution is -0.00394. The van der Waals surface area contributed by atoms with Crippen LogP contribution in [0.3, 0.4) is 0 Å². The first kappa shape index (κ1) is 12.6. The van der Waals surface area contributed by atoms with Crippen LogP contribution in [0.5, 0.6) is 0 Å². The zero-order chi connectivity index (χ0) is 12.3. The Bertz CT molecular complexity index is 362. The van der Waals surface area contributed by atoms with Crippen molar-refractivity contribution >= 4 is 0 Å². The average molecular weight is 233 g/mol. The molecule has 2 unspecified atom stereocenters. The van der Waals surface area contributed by atoms with Gasteiger partial charge in [0.1, 0.15) is 0 Å². The molecule has 2 atom stereocenters. The number of hydrogen-bond acceptors (Lipinski definition) is 2. The molecule has 94 valence electrons. The molecular formula is C15H23NO. The molecule has 0 saturated carbocycles. The van der Waals surface area contributed by atoms with Gasteiger partial charge >= 0.3 is 0 Å². The van der Waals surface area contributed by atoms with Gasteiger partial charge in [-0.15, -0.1) is 0 Å². The van der Waals surface area contributed by atoms with Gasteiger partial charge in [0.05, 0.1) is 12.6 Å². The average Bonchev–Trinajstić information content (AvgIpc) is 2.32. The Labute approximate surface area is 104 Å². The molecule has 1 aliphatic rings. The van der Waals surface area contributed by atoms with Crippen molar-refractivity contribution in [3.05, 3.63) is 35.4 Å². The van der Waals surface area contributed by atoms with Gasteiger partial charge in [0, 0.05) is 0 Å². The highest BCUT2D eigenvalue weighted by molar-refractivity contribution is 5.34. The summed E-state index contributed by atoms with van der Waals surface area (Å²) in [5.41, 5.74) is 6.12. The molecule has 0 aromatic heterocycles. The summed E-state index contributed by atoms with van der Waals surface area (Å²) in [5, 5.41) is 0. The quantitative estimate of drug-likeness (QED) is 0.799. The SMILES string of the molecule is CC(C)CONC1CCC(C)c2ccccc21. The fourth-order valence-electron chi connectivity index (χ4n) is 2.44. The summed E-state index contributed by atoms with van der Waals surface area (Å²) in [6.07, 6.45) is 2.40. The van der Waals surface area contributed by atoms with Crippen LogP contribution in [0.15, 0.2) is 24.3 Å². The minimum Gasteiger partial charge on any atom is -0.301 e. The van der Waals surface area contributed by atoms with Crippen LogP contribution in [0.1, 0.15) is 56.7 Å². The lowest BCUT2D eigenvalue weighted by atomic mass is 9.81. The highest BCUT2D eigenvalue weighted by Crippen LogP contribution is 2.36. The van der Waals surface area contributed by atoms with Gasteiger partial charge in [-0.3, -0.25) is 0 Å². The molecule has 0 saturated heterocycles. The predicted octanol–water partition coefficient (Wildman–Crippen LogP) is 3.80. The van der Waals surface area contributed by atoms with Crippen molar-refractivity contribution in [1.82, 2.24) is 5.48 Å². The van der Waals surface area contributed by atoms with E-state index in [9.17, 15) is 0 Å². The zero-order valence-electron chi connectivity index (χ0n) is 11.1. The number of fused-ring (bicyclic) bond motifs is 1. The molecule has 2 heteroatoms. The monoisotopic (exact) mass is 233 g/mol. The van der Waals surface area contributed by atoms with Crippen molar-refractivity contribution in [2.24, 2.45) is 5.92 Å². The molecule has 0 heterocycles. The van der Waals surface area contributed by atoms with Gasteiger partial charge in [0.25, 0.3) is 0 Å². The van der Waals surface area contributed by atoms with Gasteiger partial charge in [-0.2, -0.15) is 5.48 Å². The molecule has 2 rings (SSSR count). The molecule has 1 aromatic rings. The number of rotatable bonds is 4. The fraction of sp³-hybridized carbons (Fsp3) is 0.600. The van der Waals surface area contributed by atoms with Crippen LogP contribution < -0.4 is 5.48 Å². The lowest BCUT2D eigenvalue weighted by Gasteiger charge is -2.30. The molecular weight excluding hydrogens is 210 g/mol. The summed E-state index contributed by atoms with van der Waals surface area (Å²) in [5.74, 6) is 1.25. The van der Waals surface area contributed by atoms with Crippen molar-refractivity contribution in [2.75, 3.05) is 6.61 Å². The Kier molecular flexibility index (Phi) is 4.19. The van der Waals surface area contributed by atoms with Crippen LogP contribution >= 0.6 is 0 Å². The van der Waals surface area contributed by atoms with Crippen molar-refractivity contribution in [3.63, 3.8) is 0 Å². The summed E-state index contributed by atoms with van der Waals surface area (Å²) in [6.45, 7) is 7.41. The van der Waals surface area contributed by atoms with Gasteiger partial charge in [0.15, 0.2) is 0 Å². The minimum absolute atomic E-state index is 0.362. The maximum atomic E-state index is 5.58. The van der Waals surface area contributed by atoms with Crippen LogP contribution in [0.25, 0.3) is 0 Å². The summed E-state index contributed by atoms with van der Waals surface area (Å²) < 4.78 is 0. The van der Waals surface area contributed by atoms with Crippen molar-refractivity contribution in [1.29, 1.82) is 0 Å². The van der Waals surface area contributed by atoms with Gasteiger partial charge in [-0.25, -0.2) is 0 Å². The summed E-state index contributed by atoms with van der Waals surface area (Å²) in [7, 11) is 0. The summed E-state index contributed by atoms with van der Waals surface area (Å²) >= 11 is 0. The molecule has 2 nitrogen and oxygen atoms in total. The molecule has 0 bridgehead atoms. The van der Waals surface area contributed by atoms with E-state index < -0.39 is 0 Å². The maximum Gasteiger partial charge on any atom is 0.0705 e. The summed E-state index contributed by atoms with van der Waals surface area (Å²) in [4.78, 5) is 5.58. The van der Waals surface area contributed by atoms with E-state index in [1.54, 1.807) is 0 Å². The topological polar surface area (TPSA) is 21.3 Å². The number of hydrogen-bond donors (Lipinski definition) is 1. The van der Waals surface area contributed by atoms with Crippen LogP contribution in [-0.2, 0) is 4.84 Å². The van der Waals surface area contributed by atoms with E-state index in [1.165, 1.54) is 17.5 Å². The van der Waals surface area contributed by atoms with Crippen LogP contribution in [-0.4, -0.2) is 6.61 Å². The maximum absolute atomic E-state index is 5.58. The van der Waals surface area contributed by atoms with E-state index in [4.69, 9.17) is 4.84 Å². The van der Waals surface area contributed by atoms with E-state index in [0.717, 1.165) is 13.0 Å².